The van der Waals surface area contributed by atoms with Crippen molar-refractivity contribution in [2.75, 3.05) is 27.2 Å². The summed E-state index contributed by atoms with van der Waals surface area (Å²) in [5.74, 6) is 0.467. The van der Waals surface area contributed by atoms with Crippen LogP contribution >= 0.6 is 35.3 Å². The Kier molecular flexibility index (Phi) is 11.0. The monoisotopic (exact) mass is 502 g/mol. The van der Waals surface area contributed by atoms with Crippen LogP contribution in [-0.2, 0) is 24.0 Å². The van der Waals surface area contributed by atoms with Crippen LogP contribution in [-0.4, -0.2) is 44.2 Å². The molecule has 8 heteroatoms. The van der Waals surface area contributed by atoms with E-state index in [2.05, 4.69) is 27.5 Å². The van der Waals surface area contributed by atoms with Crippen molar-refractivity contribution in [3.63, 3.8) is 0 Å². The molecule has 0 aliphatic carbocycles. The highest BCUT2D eigenvalue weighted by molar-refractivity contribution is 14.0. The standard InChI is InChI=1S/C19H26N4O2S.HI/c1-4-16-13-23-17(26-16)10-12-22-19(20-2)21-11-9-14-5-7-15(8-6-14)18(24)25-3;/h5-8,13H,4,9-12H2,1-3H3,(H2,20,21,22);1H. The lowest BCUT2D eigenvalue weighted by Crippen LogP contribution is -2.39. The molecule has 6 nitrogen and oxygen atoms in total. The van der Waals surface area contributed by atoms with Gasteiger partial charge in [0.05, 0.1) is 17.7 Å². The van der Waals surface area contributed by atoms with E-state index in [1.165, 1.54) is 12.0 Å². The normalized spacial score (nSPS) is 10.9. The lowest BCUT2D eigenvalue weighted by Gasteiger charge is -2.11. The Morgan fingerprint density at radius 2 is 1.85 bits per heavy atom. The Morgan fingerprint density at radius 1 is 1.19 bits per heavy atom. The van der Waals surface area contributed by atoms with E-state index >= 15 is 0 Å². The van der Waals surface area contributed by atoms with Crippen molar-refractivity contribution in [3.8, 4) is 0 Å². The average Bonchev–Trinajstić information content (AvgIpc) is 3.14. The van der Waals surface area contributed by atoms with Crippen molar-refractivity contribution in [3.05, 3.63) is 51.5 Å². The van der Waals surface area contributed by atoms with Crippen LogP contribution in [0.25, 0.3) is 0 Å². The van der Waals surface area contributed by atoms with E-state index in [9.17, 15) is 4.79 Å². The van der Waals surface area contributed by atoms with Crippen molar-refractivity contribution in [1.82, 2.24) is 15.6 Å². The number of halogens is 1. The number of methoxy groups -OCH3 is 1. The number of ether oxygens (including phenoxy) is 1. The fourth-order valence-electron chi connectivity index (χ4n) is 2.39. The number of benzene rings is 1. The molecule has 0 unspecified atom stereocenters. The van der Waals surface area contributed by atoms with Gasteiger partial charge in [-0.2, -0.15) is 0 Å². The molecule has 2 aromatic rings. The molecular formula is C19H27IN4O2S. The molecule has 0 fully saturated rings. The number of aryl methyl sites for hydroxylation is 1. The average molecular weight is 502 g/mol. The number of guanidine groups is 1. The number of nitrogens with one attached hydrogen (secondary N) is 2. The summed E-state index contributed by atoms with van der Waals surface area (Å²) < 4.78 is 4.70. The topological polar surface area (TPSA) is 75.6 Å². The molecule has 0 aliphatic heterocycles. The molecule has 0 saturated carbocycles. The number of carbonyl (C=O) groups excluding carboxylic acids is 1. The number of rotatable bonds is 8. The molecule has 0 bridgehead atoms. The Morgan fingerprint density at radius 3 is 2.41 bits per heavy atom. The minimum atomic E-state index is -0.314. The van der Waals surface area contributed by atoms with Gasteiger partial charge in [0, 0.05) is 37.6 Å². The minimum absolute atomic E-state index is 0. The lowest BCUT2D eigenvalue weighted by atomic mass is 10.1. The van der Waals surface area contributed by atoms with Crippen molar-refractivity contribution < 1.29 is 9.53 Å². The predicted molar refractivity (Wildman–Crippen MR) is 121 cm³/mol. The molecule has 0 atom stereocenters. The number of nitrogens with zero attached hydrogens (tertiary/aromatic N) is 2. The van der Waals surface area contributed by atoms with Crippen molar-refractivity contribution in [1.29, 1.82) is 0 Å². The summed E-state index contributed by atoms with van der Waals surface area (Å²) in [4.78, 5) is 21.4. The van der Waals surface area contributed by atoms with Crippen LogP contribution in [0.1, 0.15) is 32.7 Å². The summed E-state index contributed by atoms with van der Waals surface area (Å²) in [5, 5.41) is 7.76. The van der Waals surface area contributed by atoms with Gasteiger partial charge in [0.1, 0.15) is 0 Å². The minimum Gasteiger partial charge on any atom is -0.465 e. The molecule has 0 spiro atoms. The van der Waals surface area contributed by atoms with E-state index in [1.807, 2.05) is 18.3 Å². The maximum Gasteiger partial charge on any atom is 0.337 e. The molecule has 1 aromatic carbocycles. The molecule has 0 amide bonds. The highest BCUT2D eigenvalue weighted by Crippen LogP contribution is 2.13. The van der Waals surface area contributed by atoms with E-state index < -0.39 is 0 Å². The lowest BCUT2D eigenvalue weighted by molar-refractivity contribution is 0.0600. The number of aliphatic imine (C=N–C) groups is 1. The molecule has 148 valence electrons. The van der Waals surface area contributed by atoms with Gasteiger partial charge >= 0.3 is 5.97 Å². The fourth-order valence-corrected chi connectivity index (χ4v) is 3.25. The van der Waals surface area contributed by atoms with E-state index in [4.69, 9.17) is 4.74 Å². The maximum atomic E-state index is 11.4. The van der Waals surface area contributed by atoms with Gasteiger partial charge in [-0.3, -0.25) is 4.99 Å². The summed E-state index contributed by atoms with van der Waals surface area (Å²) in [7, 11) is 3.15. The number of hydrogen-bond acceptors (Lipinski definition) is 5. The van der Waals surface area contributed by atoms with Gasteiger partial charge in [0.15, 0.2) is 5.96 Å². The van der Waals surface area contributed by atoms with Crippen LogP contribution in [0.4, 0.5) is 0 Å². The zero-order chi connectivity index (χ0) is 18.8. The fraction of sp³-hybridized carbons (Fsp3) is 0.421. The van der Waals surface area contributed by atoms with E-state index in [-0.39, 0.29) is 29.9 Å². The van der Waals surface area contributed by atoms with Crippen LogP contribution < -0.4 is 10.6 Å². The summed E-state index contributed by atoms with van der Waals surface area (Å²) in [6, 6.07) is 7.45. The van der Waals surface area contributed by atoms with Gasteiger partial charge in [-0.25, -0.2) is 9.78 Å². The Bertz CT molecular complexity index is 732. The third-order valence-electron chi connectivity index (χ3n) is 3.89. The van der Waals surface area contributed by atoms with Crippen LogP contribution in [0.2, 0.25) is 0 Å². The second kappa shape index (κ2) is 12.7. The van der Waals surface area contributed by atoms with Gasteiger partial charge in [-0.05, 0) is 30.5 Å². The molecular weight excluding hydrogens is 475 g/mol. The second-order valence-corrected chi connectivity index (χ2v) is 6.89. The quantitative estimate of drug-likeness (QED) is 0.251. The molecule has 1 heterocycles. The number of aromatic nitrogens is 1. The van der Waals surface area contributed by atoms with Crippen LogP contribution in [0.3, 0.4) is 0 Å². The van der Waals surface area contributed by atoms with E-state index in [1.54, 1.807) is 30.5 Å². The number of thiazole rings is 1. The van der Waals surface area contributed by atoms with Crippen molar-refractivity contribution in [2.24, 2.45) is 4.99 Å². The Labute approximate surface area is 181 Å². The molecule has 2 rings (SSSR count). The maximum absolute atomic E-state index is 11.4. The highest BCUT2D eigenvalue weighted by Gasteiger charge is 2.05. The second-order valence-electron chi connectivity index (χ2n) is 5.69. The van der Waals surface area contributed by atoms with Gasteiger partial charge < -0.3 is 15.4 Å². The first-order valence-corrected chi connectivity index (χ1v) is 9.53. The molecule has 0 saturated heterocycles. The van der Waals surface area contributed by atoms with Gasteiger partial charge in [0.2, 0.25) is 0 Å². The molecule has 1 aromatic heterocycles. The summed E-state index contributed by atoms with van der Waals surface area (Å²) in [6.07, 6.45) is 4.72. The van der Waals surface area contributed by atoms with Gasteiger partial charge in [-0.15, -0.1) is 35.3 Å². The van der Waals surface area contributed by atoms with Crippen molar-refractivity contribution in [2.45, 2.75) is 26.2 Å². The third kappa shape index (κ3) is 7.84. The first-order valence-electron chi connectivity index (χ1n) is 8.71. The largest absolute Gasteiger partial charge is 0.465 e. The van der Waals surface area contributed by atoms with Gasteiger partial charge in [-0.1, -0.05) is 19.1 Å². The van der Waals surface area contributed by atoms with E-state index in [0.717, 1.165) is 48.9 Å². The zero-order valence-electron chi connectivity index (χ0n) is 15.9. The van der Waals surface area contributed by atoms with Crippen LogP contribution in [0.15, 0.2) is 35.5 Å². The third-order valence-corrected chi connectivity index (χ3v) is 5.09. The van der Waals surface area contributed by atoms with Crippen molar-refractivity contribution >= 4 is 47.2 Å². The SMILES string of the molecule is CCc1cnc(CCNC(=NC)NCCc2ccc(C(=O)OC)cc2)s1.I. The summed E-state index contributed by atoms with van der Waals surface area (Å²) in [6.45, 7) is 3.70. The molecule has 27 heavy (non-hydrogen) atoms. The number of hydrogen-bond donors (Lipinski definition) is 2. The van der Waals surface area contributed by atoms with Gasteiger partial charge in [0.25, 0.3) is 0 Å². The first kappa shape index (κ1) is 23.4. The Balaban J connectivity index is 0.00000364. The predicted octanol–water partition coefficient (Wildman–Crippen LogP) is 3.06. The summed E-state index contributed by atoms with van der Waals surface area (Å²) >= 11 is 1.77. The van der Waals surface area contributed by atoms with Crippen LogP contribution in [0, 0.1) is 0 Å². The molecule has 2 N–H and O–H groups in total. The van der Waals surface area contributed by atoms with Crippen LogP contribution in [0.5, 0.6) is 0 Å². The molecule has 0 aliphatic rings. The van der Waals surface area contributed by atoms with E-state index in [0.29, 0.717) is 5.56 Å². The zero-order valence-corrected chi connectivity index (χ0v) is 19.1. The number of esters is 1. The molecule has 0 radical (unpaired) electrons. The highest BCUT2D eigenvalue weighted by atomic mass is 127. The summed E-state index contributed by atoms with van der Waals surface area (Å²) in [5.41, 5.74) is 1.71. The first-order chi connectivity index (χ1) is 12.7. The Hall–Kier alpha value is -1.68. The number of carbonyl (C=O) groups is 1. The smallest absolute Gasteiger partial charge is 0.337 e.